The number of nitrogens with one attached hydrogen (secondary N) is 3. The lowest BCUT2D eigenvalue weighted by atomic mass is 9.94. The Balaban J connectivity index is 1.56. The second kappa shape index (κ2) is 5.90. The van der Waals surface area contributed by atoms with Crippen LogP contribution >= 0.6 is 0 Å². The molecule has 106 valence electrons. The summed E-state index contributed by atoms with van der Waals surface area (Å²) >= 11 is 0. The highest BCUT2D eigenvalue weighted by atomic mass is 16.5. The zero-order chi connectivity index (χ0) is 13.1. The van der Waals surface area contributed by atoms with Crippen LogP contribution in [0.2, 0.25) is 0 Å². The van der Waals surface area contributed by atoms with Crippen molar-refractivity contribution in [2.24, 2.45) is 5.92 Å². The Labute approximate surface area is 113 Å². The first kappa shape index (κ1) is 12.9. The van der Waals surface area contributed by atoms with Gasteiger partial charge in [0.2, 0.25) is 0 Å². The average Bonchev–Trinajstić information content (AvgIpc) is 2.70. The van der Waals surface area contributed by atoms with Gasteiger partial charge in [-0.25, -0.2) is 15.9 Å². The number of carbonyl (C=O) groups is 1. The van der Waals surface area contributed by atoms with Crippen molar-refractivity contribution < 1.29 is 9.53 Å². The van der Waals surface area contributed by atoms with Crippen LogP contribution in [0.1, 0.15) is 25.7 Å². The third kappa shape index (κ3) is 2.91. The molecule has 1 amide bonds. The smallest absolute Gasteiger partial charge is 0.253 e. The van der Waals surface area contributed by atoms with E-state index in [1.807, 2.05) is 6.08 Å². The number of nitrogens with zero attached hydrogens (tertiary/aromatic N) is 1. The van der Waals surface area contributed by atoms with Crippen LogP contribution in [0.4, 0.5) is 0 Å². The number of amides is 1. The zero-order valence-electron chi connectivity index (χ0n) is 11.1. The van der Waals surface area contributed by atoms with E-state index < -0.39 is 0 Å². The van der Waals surface area contributed by atoms with E-state index in [4.69, 9.17) is 4.74 Å². The standard InChI is InChI=1S/C13H22N4O2/c18-13(16-17-6-3-1-2-4-7-17)12-10-9-19-8-5-11(10)14-15-12/h5,8,10-12,14-15H,1-4,6-7,9H2,(H,16,18). The highest BCUT2D eigenvalue weighted by molar-refractivity contribution is 5.82. The molecule has 6 nitrogen and oxygen atoms in total. The molecule has 2 fully saturated rings. The lowest BCUT2D eigenvalue weighted by Gasteiger charge is -2.26. The molecule has 0 radical (unpaired) electrons. The number of hydrazine groups is 2. The molecule has 0 aromatic carbocycles. The van der Waals surface area contributed by atoms with E-state index in [0.717, 1.165) is 25.9 Å². The van der Waals surface area contributed by atoms with Gasteiger partial charge in [-0.1, -0.05) is 12.8 Å². The van der Waals surface area contributed by atoms with Gasteiger partial charge in [0, 0.05) is 19.0 Å². The van der Waals surface area contributed by atoms with Crippen molar-refractivity contribution >= 4 is 5.91 Å². The van der Waals surface area contributed by atoms with Crippen LogP contribution in [0, 0.1) is 5.92 Å². The molecular weight excluding hydrogens is 244 g/mol. The van der Waals surface area contributed by atoms with E-state index in [1.54, 1.807) is 6.26 Å². The first-order chi connectivity index (χ1) is 9.34. The summed E-state index contributed by atoms with van der Waals surface area (Å²) in [5.41, 5.74) is 9.27. The van der Waals surface area contributed by atoms with Crippen molar-refractivity contribution in [3.8, 4) is 0 Å². The van der Waals surface area contributed by atoms with Crippen LogP contribution < -0.4 is 16.3 Å². The Kier molecular flexibility index (Phi) is 4.00. The monoisotopic (exact) mass is 266 g/mol. The van der Waals surface area contributed by atoms with Gasteiger partial charge in [-0.15, -0.1) is 0 Å². The molecule has 0 spiro atoms. The van der Waals surface area contributed by atoms with Crippen LogP contribution in [0.25, 0.3) is 0 Å². The largest absolute Gasteiger partial charge is 0.501 e. The maximum atomic E-state index is 12.3. The first-order valence-corrected chi connectivity index (χ1v) is 7.19. The predicted octanol–water partition coefficient (Wildman–Crippen LogP) is -0.101. The Morgan fingerprint density at radius 1 is 1.21 bits per heavy atom. The van der Waals surface area contributed by atoms with Crippen molar-refractivity contribution in [1.29, 1.82) is 0 Å². The molecule has 3 rings (SSSR count). The second-order valence-corrected chi connectivity index (χ2v) is 5.50. The lowest BCUT2D eigenvalue weighted by Crippen LogP contribution is -2.52. The lowest BCUT2D eigenvalue weighted by molar-refractivity contribution is -0.129. The van der Waals surface area contributed by atoms with Gasteiger partial charge in [-0.2, -0.15) is 0 Å². The summed E-state index contributed by atoms with van der Waals surface area (Å²) in [6, 6.07) is -0.0353. The number of hydrogen-bond acceptors (Lipinski definition) is 5. The number of ether oxygens (including phenoxy) is 1. The van der Waals surface area contributed by atoms with E-state index in [9.17, 15) is 4.79 Å². The van der Waals surface area contributed by atoms with Gasteiger partial charge in [0.1, 0.15) is 6.04 Å². The van der Waals surface area contributed by atoms with Crippen LogP contribution in [0.5, 0.6) is 0 Å². The maximum absolute atomic E-state index is 12.3. The van der Waals surface area contributed by atoms with Crippen molar-refractivity contribution in [1.82, 2.24) is 21.3 Å². The first-order valence-electron chi connectivity index (χ1n) is 7.19. The Morgan fingerprint density at radius 3 is 2.79 bits per heavy atom. The Morgan fingerprint density at radius 2 is 2.00 bits per heavy atom. The average molecular weight is 266 g/mol. The summed E-state index contributed by atoms with van der Waals surface area (Å²) in [4.78, 5) is 12.3. The van der Waals surface area contributed by atoms with Gasteiger partial charge in [0.25, 0.3) is 5.91 Å². The summed E-state index contributed by atoms with van der Waals surface area (Å²) < 4.78 is 5.32. The minimum atomic E-state index is -0.224. The quantitative estimate of drug-likeness (QED) is 0.651. The molecule has 0 saturated carbocycles. The van der Waals surface area contributed by atoms with Crippen LogP contribution in [0.15, 0.2) is 12.3 Å². The maximum Gasteiger partial charge on any atom is 0.253 e. The third-order valence-electron chi connectivity index (χ3n) is 4.12. The van der Waals surface area contributed by atoms with Gasteiger partial charge in [0.05, 0.1) is 18.9 Å². The zero-order valence-corrected chi connectivity index (χ0v) is 11.1. The van der Waals surface area contributed by atoms with Crippen molar-refractivity contribution in [2.45, 2.75) is 37.8 Å². The molecule has 3 N–H and O–H groups in total. The number of fused-ring (bicyclic) bond motifs is 1. The summed E-state index contributed by atoms with van der Waals surface area (Å²) in [7, 11) is 0. The minimum absolute atomic E-state index is 0.0424. The summed E-state index contributed by atoms with van der Waals surface area (Å²) in [6.45, 7) is 2.49. The van der Waals surface area contributed by atoms with Gasteiger partial charge >= 0.3 is 0 Å². The van der Waals surface area contributed by atoms with E-state index in [0.29, 0.717) is 6.61 Å². The molecule has 19 heavy (non-hydrogen) atoms. The van der Waals surface area contributed by atoms with Gasteiger partial charge in [0.15, 0.2) is 0 Å². The summed E-state index contributed by atoms with van der Waals surface area (Å²) in [5, 5.41) is 2.06. The fourth-order valence-electron chi connectivity index (χ4n) is 2.97. The Hall–Kier alpha value is -1.11. The number of rotatable bonds is 2. The van der Waals surface area contributed by atoms with E-state index >= 15 is 0 Å². The second-order valence-electron chi connectivity index (χ2n) is 5.50. The summed E-state index contributed by atoms with van der Waals surface area (Å²) in [5.74, 6) is 0.206. The van der Waals surface area contributed by atoms with Gasteiger partial charge in [-0.3, -0.25) is 10.2 Å². The minimum Gasteiger partial charge on any atom is -0.501 e. The molecule has 0 bridgehead atoms. The molecule has 0 aliphatic carbocycles. The SMILES string of the molecule is O=C(NN1CCCCCC1)C1NNC2C=COCC21. The molecule has 3 heterocycles. The normalized spacial score (nSPS) is 35.3. The third-order valence-corrected chi connectivity index (χ3v) is 4.12. The van der Waals surface area contributed by atoms with Gasteiger partial charge < -0.3 is 4.74 Å². The van der Waals surface area contributed by atoms with Crippen molar-refractivity contribution in [3.63, 3.8) is 0 Å². The van der Waals surface area contributed by atoms with Crippen LogP contribution in [-0.2, 0) is 9.53 Å². The molecule has 6 heteroatoms. The molecular formula is C13H22N4O2. The molecule has 3 aliphatic rings. The van der Waals surface area contributed by atoms with E-state index in [1.165, 1.54) is 12.8 Å². The molecule has 3 unspecified atom stereocenters. The van der Waals surface area contributed by atoms with Crippen molar-refractivity contribution in [3.05, 3.63) is 12.3 Å². The van der Waals surface area contributed by atoms with Gasteiger partial charge in [-0.05, 0) is 18.9 Å². The molecule has 0 aromatic heterocycles. The van der Waals surface area contributed by atoms with E-state index in [2.05, 4.69) is 21.3 Å². The molecule has 2 saturated heterocycles. The number of carbonyl (C=O) groups excluding carboxylic acids is 1. The van der Waals surface area contributed by atoms with E-state index in [-0.39, 0.29) is 23.9 Å². The fourth-order valence-corrected chi connectivity index (χ4v) is 2.97. The molecule has 3 atom stereocenters. The summed E-state index contributed by atoms with van der Waals surface area (Å²) in [6.07, 6.45) is 8.51. The van der Waals surface area contributed by atoms with Crippen LogP contribution in [-0.4, -0.2) is 42.7 Å². The molecule has 3 aliphatic heterocycles. The molecule has 0 aromatic rings. The van der Waals surface area contributed by atoms with Crippen molar-refractivity contribution in [2.75, 3.05) is 19.7 Å². The highest BCUT2D eigenvalue weighted by Crippen LogP contribution is 2.20. The highest BCUT2D eigenvalue weighted by Gasteiger charge is 2.41. The predicted molar refractivity (Wildman–Crippen MR) is 70.6 cm³/mol. The number of hydrogen-bond donors (Lipinski definition) is 3. The topological polar surface area (TPSA) is 65.6 Å². The van der Waals surface area contributed by atoms with Crippen LogP contribution in [0.3, 0.4) is 0 Å². The fraction of sp³-hybridized carbons (Fsp3) is 0.769. The Bertz CT molecular complexity index is 353.